The fraction of sp³-hybridized carbons (Fsp3) is 0.579. The Balaban J connectivity index is 2.72. The van der Waals surface area contributed by atoms with Gasteiger partial charge in [-0.25, -0.2) is 9.59 Å². The molecule has 1 aromatic carbocycles. The maximum absolute atomic E-state index is 12.2. The van der Waals surface area contributed by atoms with Gasteiger partial charge in [-0.3, -0.25) is 0 Å². The highest BCUT2D eigenvalue weighted by Crippen LogP contribution is 2.21. The van der Waals surface area contributed by atoms with Crippen molar-refractivity contribution in [1.82, 2.24) is 0 Å². The summed E-state index contributed by atoms with van der Waals surface area (Å²) in [5.74, 6) is -0.939. The van der Waals surface area contributed by atoms with Crippen LogP contribution in [-0.2, 0) is 9.47 Å². The van der Waals surface area contributed by atoms with Crippen molar-refractivity contribution in [2.45, 2.75) is 65.1 Å². The number of benzene rings is 1. The molecule has 0 heterocycles. The molecule has 24 heavy (non-hydrogen) atoms. The van der Waals surface area contributed by atoms with Gasteiger partial charge in [0, 0.05) is 0 Å². The van der Waals surface area contributed by atoms with Gasteiger partial charge < -0.3 is 14.6 Å². The van der Waals surface area contributed by atoms with Gasteiger partial charge in [-0.2, -0.15) is 0 Å². The molecule has 0 aromatic heterocycles. The summed E-state index contributed by atoms with van der Waals surface area (Å²) in [4.78, 5) is 24.1. The molecule has 1 unspecified atom stereocenters. The van der Waals surface area contributed by atoms with Gasteiger partial charge in [0.05, 0.1) is 16.7 Å². The van der Waals surface area contributed by atoms with E-state index >= 15 is 0 Å². The van der Waals surface area contributed by atoms with Crippen molar-refractivity contribution in [1.29, 1.82) is 0 Å². The third kappa shape index (κ3) is 5.64. The Morgan fingerprint density at radius 3 is 1.79 bits per heavy atom. The van der Waals surface area contributed by atoms with Gasteiger partial charge in [-0.05, 0) is 57.4 Å². The Morgan fingerprint density at radius 1 is 0.917 bits per heavy atom. The summed E-state index contributed by atoms with van der Waals surface area (Å²) in [6, 6.07) is 6.13. The van der Waals surface area contributed by atoms with E-state index in [-0.39, 0.29) is 6.61 Å². The van der Waals surface area contributed by atoms with E-state index in [9.17, 15) is 14.7 Å². The van der Waals surface area contributed by atoms with E-state index in [0.717, 1.165) is 12.8 Å². The highest BCUT2D eigenvalue weighted by atomic mass is 16.6. The first kappa shape index (κ1) is 20.2. The van der Waals surface area contributed by atoms with E-state index in [1.54, 1.807) is 19.1 Å². The molecule has 1 N–H and O–H groups in total. The molecule has 5 nitrogen and oxygen atoms in total. The maximum atomic E-state index is 12.2. The fourth-order valence-electron chi connectivity index (χ4n) is 1.83. The van der Waals surface area contributed by atoms with E-state index in [1.807, 2.05) is 27.7 Å². The smallest absolute Gasteiger partial charge is 0.338 e. The second kappa shape index (κ2) is 8.29. The summed E-state index contributed by atoms with van der Waals surface area (Å²) < 4.78 is 10.6. The van der Waals surface area contributed by atoms with Gasteiger partial charge in [0.15, 0.2) is 0 Å². The molecule has 0 aliphatic rings. The molecular formula is C19H28O5. The molecule has 1 aromatic rings. The van der Waals surface area contributed by atoms with Crippen molar-refractivity contribution in [3.63, 3.8) is 0 Å². The maximum Gasteiger partial charge on any atom is 0.338 e. The first-order valence-electron chi connectivity index (χ1n) is 8.39. The molecule has 0 amide bonds. The predicted molar refractivity (Wildman–Crippen MR) is 92.0 cm³/mol. The topological polar surface area (TPSA) is 72.8 Å². The van der Waals surface area contributed by atoms with Crippen molar-refractivity contribution < 1.29 is 24.2 Å². The van der Waals surface area contributed by atoms with Crippen LogP contribution in [0, 0.1) is 0 Å². The Bertz CT molecular complexity index is 556. The van der Waals surface area contributed by atoms with Gasteiger partial charge in [-0.15, -0.1) is 0 Å². The molecule has 1 atom stereocenters. The molecule has 0 bridgehead atoms. The van der Waals surface area contributed by atoms with Crippen LogP contribution in [-0.4, -0.2) is 34.9 Å². The number of aliphatic hydroxyl groups is 1. The number of hydrogen-bond donors (Lipinski definition) is 1. The summed E-state index contributed by atoms with van der Waals surface area (Å²) >= 11 is 0. The van der Waals surface area contributed by atoms with Crippen LogP contribution in [0.5, 0.6) is 0 Å². The van der Waals surface area contributed by atoms with E-state index in [4.69, 9.17) is 9.47 Å². The van der Waals surface area contributed by atoms with E-state index in [0.29, 0.717) is 17.5 Å². The van der Waals surface area contributed by atoms with Crippen LogP contribution in [0.3, 0.4) is 0 Å². The highest BCUT2D eigenvalue weighted by Gasteiger charge is 2.25. The van der Waals surface area contributed by atoms with Crippen LogP contribution in [0.1, 0.15) is 74.6 Å². The van der Waals surface area contributed by atoms with E-state index in [1.165, 1.54) is 12.1 Å². The lowest BCUT2D eigenvalue weighted by atomic mass is 10.00. The quantitative estimate of drug-likeness (QED) is 0.732. The highest BCUT2D eigenvalue weighted by molar-refractivity contribution is 5.93. The Labute approximate surface area is 144 Å². The third-order valence-electron chi connectivity index (χ3n) is 4.47. The monoisotopic (exact) mass is 336 g/mol. The van der Waals surface area contributed by atoms with Crippen molar-refractivity contribution in [3.05, 3.63) is 35.4 Å². The van der Waals surface area contributed by atoms with Gasteiger partial charge >= 0.3 is 11.9 Å². The number of hydrogen-bond acceptors (Lipinski definition) is 5. The Morgan fingerprint density at radius 2 is 1.38 bits per heavy atom. The van der Waals surface area contributed by atoms with Crippen molar-refractivity contribution >= 4 is 11.9 Å². The number of esters is 2. The molecule has 0 spiro atoms. The van der Waals surface area contributed by atoms with Crippen molar-refractivity contribution in [2.24, 2.45) is 0 Å². The van der Waals surface area contributed by atoms with E-state index in [2.05, 4.69) is 0 Å². The normalized spacial score (nSPS) is 13.9. The molecule has 0 saturated heterocycles. The van der Waals surface area contributed by atoms with Crippen LogP contribution in [0.4, 0.5) is 0 Å². The largest absolute Gasteiger partial charge is 0.459 e. The van der Waals surface area contributed by atoms with Crippen LogP contribution >= 0.6 is 0 Å². The van der Waals surface area contributed by atoms with Crippen LogP contribution in [0.25, 0.3) is 0 Å². The summed E-state index contributed by atoms with van der Waals surface area (Å²) in [7, 11) is 0. The van der Waals surface area contributed by atoms with Crippen molar-refractivity contribution in [3.8, 4) is 0 Å². The minimum absolute atomic E-state index is 0.0719. The zero-order valence-corrected chi connectivity index (χ0v) is 15.2. The summed E-state index contributed by atoms with van der Waals surface area (Å²) in [6.45, 7) is 9.20. The van der Waals surface area contributed by atoms with Gasteiger partial charge in [0.1, 0.15) is 12.2 Å². The standard InChI is InChI=1S/C19H28O5/c1-6-18(4,22)13-23-16(20)14-9-11-15(12-10-14)17(21)24-19(5,7-2)8-3/h9-12,22H,6-8,13H2,1-5H3. The van der Waals surface area contributed by atoms with Crippen LogP contribution in [0.2, 0.25) is 0 Å². The molecule has 5 heteroatoms. The Kier molecular flexibility index (Phi) is 6.96. The predicted octanol–water partition coefficient (Wildman–Crippen LogP) is 3.74. The molecular weight excluding hydrogens is 308 g/mol. The molecule has 0 fully saturated rings. The van der Waals surface area contributed by atoms with Gasteiger partial charge in [0.2, 0.25) is 0 Å². The summed E-state index contributed by atoms with van der Waals surface area (Å²) in [6.07, 6.45) is 1.95. The second-order valence-corrected chi connectivity index (χ2v) is 6.55. The molecule has 1 rings (SSSR count). The minimum atomic E-state index is -1.04. The SMILES string of the molecule is CCC(C)(O)COC(=O)c1ccc(C(=O)OC(C)(CC)CC)cc1. The lowest BCUT2D eigenvalue weighted by Crippen LogP contribution is -2.31. The van der Waals surface area contributed by atoms with E-state index < -0.39 is 23.1 Å². The first-order chi connectivity index (χ1) is 11.2. The third-order valence-corrected chi connectivity index (χ3v) is 4.47. The van der Waals surface area contributed by atoms with Crippen LogP contribution in [0.15, 0.2) is 24.3 Å². The first-order valence-corrected chi connectivity index (χ1v) is 8.39. The average molecular weight is 336 g/mol. The lowest BCUT2D eigenvalue weighted by molar-refractivity contribution is -0.0226. The average Bonchev–Trinajstić information content (AvgIpc) is 2.59. The Hall–Kier alpha value is -1.88. The molecule has 0 aliphatic heterocycles. The van der Waals surface area contributed by atoms with Crippen LogP contribution < -0.4 is 0 Å². The zero-order chi connectivity index (χ0) is 18.4. The fourth-order valence-corrected chi connectivity index (χ4v) is 1.83. The molecule has 0 radical (unpaired) electrons. The van der Waals surface area contributed by atoms with Crippen molar-refractivity contribution in [2.75, 3.05) is 6.61 Å². The number of carbonyl (C=O) groups is 2. The minimum Gasteiger partial charge on any atom is -0.459 e. The number of carbonyl (C=O) groups excluding carboxylic acids is 2. The summed E-state index contributed by atoms with van der Waals surface area (Å²) in [5.41, 5.74) is -0.808. The lowest BCUT2D eigenvalue weighted by Gasteiger charge is -2.26. The van der Waals surface area contributed by atoms with Gasteiger partial charge in [0.25, 0.3) is 0 Å². The summed E-state index contributed by atoms with van der Waals surface area (Å²) in [5, 5.41) is 9.85. The zero-order valence-electron chi connectivity index (χ0n) is 15.2. The second-order valence-electron chi connectivity index (χ2n) is 6.55. The van der Waals surface area contributed by atoms with Gasteiger partial charge in [-0.1, -0.05) is 20.8 Å². The number of ether oxygens (including phenoxy) is 2. The molecule has 0 aliphatic carbocycles. The molecule has 0 saturated carbocycles. The molecule has 134 valence electrons. The number of rotatable bonds is 8.